The Kier molecular flexibility index (Phi) is 11.2. The lowest BCUT2D eigenvalue weighted by Gasteiger charge is -2.22. The van der Waals surface area contributed by atoms with E-state index >= 15 is 0 Å². The standard InChI is InChI=1S/C16H31N5O6/c1-8(20-15(25)12(18)10(3)22)13(23)19-9(2)14(24)21-11(16(26)27)6-4-5-7-17/h8-12,22H,4-7,17-18H2,1-3H3,(H,19,23)(H,20,25)(H,21,24)(H,26,27). The van der Waals surface area contributed by atoms with E-state index in [1.807, 2.05) is 0 Å². The number of aliphatic hydroxyl groups excluding tert-OH is 1. The molecule has 0 heterocycles. The van der Waals surface area contributed by atoms with E-state index in [0.29, 0.717) is 19.4 Å². The lowest BCUT2D eigenvalue weighted by Crippen LogP contribution is -2.56. The second kappa shape index (κ2) is 12.2. The van der Waals surface area contributed by atoms with Crippen molar-refractivity contribution in [3.63, 3.8) is 0 Å². The second-order valence-electron chi connectivity index (χ2n) is 6.41. The lowest BCUT2D eigenvalue weighted by atomic mass is 10.1. The highest BCUT2D eigenvalue weighted by molar-refractivity contribution is 5.93. The van der Waals surface area contributed by atoms with E-state index in [9.17, 15) is 24.3 Å². The molecule has 0 rings (SSSR count). The van der Waals surface area contributed by atoms with Crippen LogP contribution in [-0.2, 0) is 19.2 Å². The first-order valence-electron chi connectivity index (χ1n) is 8.78. The Morgan fingerprint density at radius 1 is 0.889 bits per heavy atom. The van der Waals surface area contributed by atoms with Crippen LogP contribution in [0.5, 0.6) is 0 Å². The maximum absolute atomic E-state index is 12.1. The van der Waals surface area contributed by atoms with E-state index in [2.05, 4.69) is 16.0 Å². The molecule has 0 fully saturated rings. The number of nitrogens with one attached hydrogen (secondary N) is 3. The van der Waals surface area contributed by atoms with Crippen molar-refractivity contribution in [1.82, 2.24) is 16.0 Å². The number of carboxylic acids is 1. The number of carboxylic acid groups (broad SMARTS) is 1. The summed E-state index contributed by atoms with van der Waals surface area (Å²) in [5.41, 5.74) is 10.8. The topological polar surface area (TPSA) is 197 Å². The molecule has 27 heavy (non-hydrogen) atoms. The lowest BCUT2D eigenvalue weighted by molar-refractivity contribution is -0.142. The molecule has 11 heteroatoms. The minimum atomic E-state index is -1.19. The summed E-state index contributed by atoms with van der Waals surface area (Å²) in [6, 6.07) is -4.29. The second-order valence-corrected chi connectivity index (χ2v) is 6.41. The van der Waals surface area contributed by atoms with Gasteiger partial charge >= 0.3 is 5.97 Å². The molecule has 0 radical (unpaired) electrons. The summed E-state index contributed by atoms with van der Waals surface area (Å²) in [5.74, 6) is -3.20. The monoisotopic (exact) mass is 389 g/mol. The number of hydrogen-bond donors (Lipinski definition) is 7. The van der Waals surface area contributed by atoms with Crippen molar-refractivity contribution in [3.05, 3.63) is 0 Å². The van der Waals surface area contributed by atoms with Gasteiger partial charge in [0.25, 0.3) is 0 Å². The normalized spacial score (nSPS) is 16.4. The molecule has 0 aliphatic rings. The fraction of sp³-hybridized carbons (Fsp3) is 0.750. The molecule has 11 nitrogen and oxygen atoms in total. The molecular formula is C16H31N5O6. The van der Waals surface area contributed by atoms with Crippen LogP contribution in [0.25, 0.3) is 0 Å². The third kappa shape index (κ3) is 9.31. The Bertz CT molecular complexity index is 527. The number of unbranched alkanes of at least 4 members (excludes halogenated alkanes) is 1. The first-order chi connectivity index (χ1) is 12.5. The maximum atomic E-state index is 12.1. The molecule has 0 aromatic rings. The maximum Gasteiger partial charge on any atom is 0.326 e. The van der Waals surface area contributed by atoms with Crippen LogP contribution in [-0.4, -0.2) is 70.7 Å². The van der Waals surface area contributed by atoms with Crippen LogP contribution >= 0.6 is 0 Å². The largest absolute Gasteiger partial charge is 0.480 e. The molecule has 5 unspecified atom stereocenters. The summed E-state index contributed by atoms with van der Waals surface area (Å²) in [5, 5.41) is 25.5. The molecule has 0 aromatic carbocycles. The van der Waals surface area contributed by atoms with Crippen molar-refractivity contribution in [2.75, 3.05) is 6.54 Å². The molecule has 0 saturated heterocycles. The van der Waals surface area contributed by atoms with Crippen molar-refractivity contribution in [2.45, 2.75) is 70.3 Å². The molecule has 0 spiro atoms. The first-order valence-corrected chi connectivity index (χ1v) is 8.78. The van der Waals surface area contributed by atoms with E-state index in [4.69, 9.17) is 16.6 Å². The number of carbonyl (C=O) groups is 4. The van der Waals surface area contributed by atoms with Crippen molar-refractivity contribution in [1.29, 1.82) is 0 Å². The Morgan fingerprint density at radius 3 is 1.81 bits per heavy atom. The minimum Gasteiger partial charge on any atom is -0.480 e. The van der Waals surface area contributed by atoms with Crippen LogP contribution < -0.4 is 27.4 Å². The average Bonchev–Trinajstić information content (AvgIpc) is 2.59. The Morgan fingerprint density at radius 2 is 1.37 bits per heavy atom. The zero-order valence-corrected chi connectivity index (χ0v) is 15.9. The third-order valence-corrected chi connectivity index (χ3v) is 3.89. The van der Waals surface area contributed by atoms with Gasteiger partial charge in [-0.2, -0.15) is 0 Å². The van der Waals surface area contributed by atoms with Crippen molar-refractivity contribution in [2.24, 2.45) is 11.5 Å². The van der Waals surface area contributed by atoms with Gasteiger partial charge in [0.1, 0.15) is 24.2 Å². The zero-order chi connectivity index (χ0) is 21.1. The van der Waals surface area contributed by atoms with Crippen molar-refractivity contribution >= 4 is 23.7 Å². The number of carbonyl (C=O) groups excluding carboxylic acids is 3. The summed E-state index contributed by atoms with van der Waals surface area (Å²) >= 11 is 0. The number of hydrogen-bond acceptors (Lipinski definition) is 7. The summed E-state index contributed by atoms with van der Waals surface area (Å²) in [4.78, 5) is 47.1. The van der Waals surface area contributed by atoms with Crippen molar-refractivity contribution in [3.8, 4) is 0 Å². The van der Waals surface area contributed by atoms with E-state index < -0.39 is 54.0 Å². The Labute approximate surface area is 158 Å². The molecule has 156 valence electrons. The van der Waals surface area contributed by atoms with Gasteiger partial charge in [-0.25, -0.2) is 4.79 Å². The van der Waals surface area contributed by atoms with Gasteiger partial charge in [-0.05, 0) is 46.6 Å². The fourth-order valence-electron chi connectivity index (χ4n) is 2.05. The van der Waals surface area contributed by atoms with Gasteiger partial charge in [0, 0.05) is 0 Å². The van der Waals surface area contributed by atoms with E-state index in [-0.39, 0.29) is 6.42 Å². The molecule has 0 aliphatic heterocycles. The summed E-state index contributed by atoms with van der Waals surface area (Å²) in [6.45, 7) is 4.55. The van der Waals surface area contributed by atoms with E-state index in [1.54, 1.807) is 0 Å². The molecule has 9 N–H and O–H groups in total. The fourth-order valence-corrected chi connectivity index (χ4v) is 2.05. The highest BCUT2D eigenvalue weighted by Crippen LogP contribution is 2.01. The summed E-state index contributed by atoms with van der Waals surface area (Å²) in [6.07, 6.45) is 0.318. The molecule has 0 saturated carbocycles. The van der Waals surface area contributed by atoms with Gasteiger partial charge in [-0.1, -0.05) is 0 Å². The Hall–Kier alpha value is -2.24. The number of nitrogens with two attached hydrogens (primary N) is 2. The molecule has 0 aromatic heterocycles. The number of aliphatic hydroxyl groups is 1. The molecule has 0 bridgehead atoms. The van der Waals surface area contributed by atoms with Crippen LogP contribution in [0.1, 0.15) is 40.0 Å². The predicted octanol–water partition coefficient (Wildman–Crippen LogP) is -2.60. The predicted molar refractivity (Wildman–Crippen MR) is 97.3 cm³/mol. The summed E-state index contributed by atoms with van der Waals surface area (Å²) < 4.78 is 0. The number of amides is 3. The van der Waals surface area contributed by atoms with Gasteiger partial charge in [-0.15, -0.1) is 0 Å². The molecular weight excluding hydrogens is 358 g/mol. The van der Waals surface area contributed by atoms with Crippen LogP contribution in [0, 0.1) is 0 Å². The highest BCUT2D eigenvalue weighted by atomic mass is 16.4. The smallest absolute Gasteiger partial charge is 0.326 e. The zero-order valence-electron chi connectivity index (χ0n) is 15.9. The van der Waals surface area contributed by atoms with Crippen LogP contribution in [0.4, 0.5) is 0 Å². The van der Waals surface area contributed by atoms with Crippen molar-refractivity contribution < 1.29 is 29.4 Å². The minimum absolute atomic E-state index is 0.225. The Balaban J connectivity index is 4.60. The SMILES string of the molecule is CC(NC(=O)C(C)NC(=O)C(N)C(C)O)C(=O)NC(CCCCN)C(=O)O. The van der Waals surface area contributed by atoms with Gasteiger partial charge in [0.05, 0.1) is 6.10 Å². The van der Waals surface area contributed by atoms with Gasteiger partial charge < -0.3 is 37.6 Å². The van der Waals surface area contributed by atoms with Gasteiger partial charge in [-0.3, -0.25) is 14.4 Å². The molecule has 3 amide bonds. The molecule has 0 aliphatic carbocycles. The van der Waals surface area contributed by atoms with Crippen LogP contribution in [0.3, 0.4) is 0 Å². The quantitative estimate of drug-likeness (QED) is 0.176. The molecule has 5 atom stereocenters. The van der Waals surface area contributed by atoms with Gasteiger partial charge in [0.15, 0.2) is 0 Å². The number of aliphatic carboxylic acids is 1. The van der Waals surface area contributed by atoms with E-state index in [0.717, 1.165) is 0 Å². The summed E-state index contributed by atoms with van der Waals surface area (Å²) in [7, 11) is 0. The van der Waals surface area contributed by atoms with Crippen LogP contribution in [0.15, 0.2) is 0 Å². The number of rotatable bonds is 12. The van der Waals surface area contributed by atoms with Crippen LogP contribution in [0.2, 0.25) is 0 Å². The first kappa shape index (κ1) is 24.8. The van der Waals surface area contributed by atoms with E-state index in [1.165, 1.54) is 20.8 Å². The third-order valence-electron chi connectivity index (χ3n) is 3.89. The average molecular weight is 389 g/mol. The highest BCUT2D eigenvalue weighted by Gasteiger charge is 2.27. The van der Waals surface area contributed by atoms with Gasteiger partial charge in [0.2, 0.25) is 17.7 Å².